The molecular formula is C12H15Cl2NO. The Kier molecular flexibility index (Phi) is 3.75. The summed E-state index contributed by atoms with van der Waals surface area (Å²) < 4.78 is 0. The van der Waals surface area contributed by atoms with Crippen molar-refractivity contribution < 1.29 is 5.11 Å². The Morgan fingerprint density at radius 2 is 2.12 bits per heavy atom. The van der Waals surface area contributed by atoms with Crippen LogP contribution >= 0.6 is 23.2 Å². The molecule has 2 nitrogen and oxygen atoms in total. The van der Waals surface area contributed by atoms with Crippen LogP contribution in [0.1, 0.15) is 18.4 Å². The zero-order chi connectivity index (χ0) is 11.7. The summed E-state index contributed by atoms with van der Waals surface area (Å²) in [7, 11) is 0. The van der Waals surface area contributed by atoms with Crippen molar-refractivity contribution in [2.45, 2.75) is 18.9 Å². The van der Waals surface area contributed by atoms with E-state index < -0.39 is 0 Å². The average Bonchev–Trinajstić information content (AvgIpc) is 2.66. The molecule has 0 radical (unpaired) electrons. The van der Waals surface area contributed by atoms with Crippen LogP contribution in [-0.4, -0.2) is 24.3 Å². The molecule has 1 fully saturated rings. The van der Waals surface area contributed by atoms with Crippen molar-refractivity contribution in [2.24, 2.45) is 5.92 Å². The lowest BCUT2D eigenvalue weighted by Crippen LogP contribution is -2.23. The van der Waals surface area contributed by atoms with Gasteiger partial charge in [0.05, 0.1) is 6.10 Å². The van der Waals surface area contributed by atoms with E-state index in [1.54, 1.807) is 6.07 Å². The molecule has 1 aliphatic rings. The van der Waals surface area contributed by atoms with Crippen molar-refractivity contribution in [3.8, 4) is 0 Å². The summed E-state index contributed by atoms with van der Waals surface area (Å²) in [6.45, 7) is 3.52. The molecule has 1 aromatic carbocycles. The average molecular weight is 260 g/mol. The molecule has 2 N–H and O–H groups in total. The maximum absolute atomic E-state index is 9.72. The Morgan fingerprint density at radius 3 is 2.75 bits per heavy atom. The zero-order valence-corrected chi connectivity index (χ0v) is 10.6. The number of nitrogens with one attached hydrogen (secondary N) is 1. The Hall–Kier alpha value is -0.280. The Labute approximate surface area is 106 Å². The molecule has 1 heterocycles. The maximum atomic E-state index is 9.72. The van der Waals surface area contributed by atoms with Gasteiger partial charge < -0.3 is 10.4 Å². The highest BCUT2D eigenvalue weighted by atomic mass is 35.5. The number of benzene rings is 1. The first-order valence-electron chi connectivity index (χ1n) is 5.43. The summed E-state index contributed by atoms with van der Waals surface area (Å²) in [5, 5.41) is 14.3. The predicted octanol–water partition coefficient (Wildman–Crippen LogP) is 2.68. The first-order valence-corrected chi connectivity index (χ1v) is 6.19. The highest BCUT2D eigenvalue weighted by Gasteiger charge is 2.32. The van der Waals surface area contributed by atoms with Crippen LogP contribution in [0.25, 0.3) is 0 Å². The first-order chi connectivity index (χ1) is 7.59. The third-order valence-corrected chi connectivity index (χ3v) is 3.81. The van der Waals surface area contributed by atoms with Crippen LogP contribution in [0.2, 0.25) is 10.0 Å². The van der Waals surface area contributed by atoms with Gasteiger partial charge in [-0.05, 0) is 24.6 Å². The molecule has 0 spiro atoms. The number of halogens is 2. The minimum atomic E-state index is -0.327. The first kappa shape index (κ1) is 12.2. The van der Waals surface area contributed by atoms with Gasteiger partial charge in [-0.3, -0.25) is 0 Å². The van der Waals surface area contributed by atoms with Gasteiger partial charge in [0.1, 0.15) is 0 Å². The lowest BCUT2D eigenvalue weighted by molar-refractivity contribution is 0.127. The third kappa shape index (κ3) is 2.35. The maximum Gasteiger partial charge on any atom is 0.0558 e. The summed E-state index contributed by atoms with van der Waals surface area (Å²) in [6, 6.07) is 5.56. The van der Waals surface area contributed by atoms with Crippen LogP contribution in [0.3, 0.4) is 0 Å². The number of aliphatic hydroxyl groups excluding tert-OH is 1. The molecular weight excluding hydrogens is 245 g/mol. The molecule has 3 atom stereocenters. The molecule has 0 amide bonds. The summed E-state index contributed by atoms with van der Waals surface area (Å²) in [4.78, 5) is 0. The summed E-state index contributed by atoms with van der Waals surface area (Å²) in [5.41, 5.74) is 1.07. The van der Waals surface area contributed by atoms with Crippen LogP contribution in [0.4, 0.5) is 0 Å². The van der Waals surface area contributed by atoms with Crippen molar-refractivity contribution >= 4 is 23.2 Å². The molecule has 0 saturated carbocycles. The van der Waals surface area contributed by atoms with Gasteiger partial charge in [0.15, 0.2) is 0 Å². The molecule has 3 unspecified atom stereocenters. The number of rotatable bonds is 2. The topological polar surface area (TPSA) is 32.3 Å². The lowest BCUT2D eigenvalue weighted by atomic mass is 9.86. The summed E-state index contributed by atoms with van der Waals surface area (Å²) in [6.07, 6.45) is -0.327. The van der Waals surface area contributed by atoms with Crippen molar-refractivity contribution in [1.82, 2.24) is 5.32 Å². The van der Waals surface area contributed by atoms with Gasteiger partial charge in [0, 0.05) is 35.0 Å². The van der Waals surface area contributed by atoms with Gasteiger partial charge in [-0.25, -0.2) is 0 Å². The zero-order valence-electron chi connectivity index (χ0n) is 9.08. The Balaban J connectivity index is 2.29. The molecule has 0 aromatic heterocycles. The number of aliphatic hydroxyl groups is 1. The van der Waals surface area contributed by atoms with E-state index in [1.165, 1.54) is 0 Å². The van der Waals surface area contributed by atoms with Crippen LogP contribution in [0, 0.1) is 5.92 Å². The van der Waals surface area contributed by atoms with E-state index in [0.29, 0.717) is 10.0 Å². The molecule has 1 aromatic rings. The van der Waals surface area contributed by atoms with Gasteiger partial charge in [-0.2, -0.15) is 0 Å². The van der Waals surface area contributed by atoms with E-state index in [0.717, 1.165) is 18.7 Å². The van der Waals surface area contributed by atoms with Gasteiger partial charge in [-0.15, -0.1) is 0 Å². The molecule has 0 aliphatic carbocycles. The highest BCUT2D eigenvalue weighted by molar-refractivity contribution is 6.35. The number of hydrogen-bond acceptors (Lipinski definition) is 2. The molecule has 88 valence electrons. The van der Waals surface area contributed by atoms with Crippen molar-refractivity contribution in [2.75, 3.05) is 13.1 Å². The van der Waals surface area contributed by atoms with E-state index in [2.05, 4.69) is 5.32 Å². The Morgan fingerprint density at radius 1 is 1.38 bits per heavy atom. The van der Waals surface area contributed by atoms with Crippen LogP contribution in [0.5, 0.6) is 0 Å². The minimum absolute atomic E-state index is 0.221. The van der Waals surface area contributed by atoms with Crippen molar-refractivity contribution in [3.05, 3.63) is 33.8 Å². The summed E-state index contributed by atoms with van der Waals surface area (Å²) >= 11 is 12.1. The lowest BCUT2D eigenvalue weighted by Gasteiger charge is -2.22. The van der Waals surface area contributed by atoms with Crippen LogP contribution in [0.15, 0.2) is 18.2 Å². The molecule has 4 heteroatoms. The standard InChI is InChI=1S/C12H15Cl2NO/c1-7(16)10-5-15-6-11(10)9-3-2-8(13)4-12(9)14/h2-4,7,10-11,15-16H,5-6H2,1H3. The quantitative estimate of drug-likeness (QED) is 0.856. The second-order valence-corrected chi connectivity index (χ2v) is 5.18. The molecule has 0 bridgehead atoms. The molecule has 2 rings (SSSR count). The molecule has 1 aliphatic heterocycles. The minimum Gasteiger partial charge on any atom is -0.393 e. The van der Waals surface area contributed by atoms with Crippen molar-refractivity contribution in [3.63, 3.8) is 0 Å². The molecule has 16 heavy (non-hydrogen) atoms. The highest BCUT2D eigenvalue weighted by Crippen LogP contribution is 2.35. The van der Waals surface area contributed by atoms with Gasteiger partial charge in [-0.1, -0.05) is 29.3 Å². The normalized spacial score (nSPS) is 27.0. The predicted molar refractivity (Wildman–Crippen MR) is 67.2 cm³/mol. The third-order valence-electron chi connectivity index (χ3n) is 3.24. The fourth-order valence-electron chi connectivity index (χ4n) is 2.35. The fraction of sp³-hybridized carbons (Fsp3) is 0.500. The van der Waals surface area contributed by atoms with E-state index in [1.807, 2.05) is 19.1 Å². The van der Waals surface area contributed by atoms with Gasteiger partial charge in [0.25, 0.3) is 0 Å². The van der Waals surface area contributed by atoms with E-state index in [-0.39, 0.29) is 17.9 Å². The smallest absolute Gasteiger partial charge is 0.0558 e. The fourth-order valence-corrected chi connectivity index (χ4v) is 2.90. The van der Waals surface area contributed by atoms with E-state index in [4.69, 9.17) is 23.2 Å². The van der Waals surface area contributed by atoms with E-state index in [9.17, 15) is 5.11 Å². The summed E-state index contributed by atoms with van der Waals surface area (Å²) in [5.74, 6) is 0.489. The monoisotopic (exact) mass is 259 g/mol. The van der Waals surface area contributed by atoms with Crippen molar-refractivity contribution in [1.29, 1.82) is 0 Å². The van der Waals surface area contributed by atoms with Crippen LogP contribution in [-0.2, 0) is 0 Å². The van der Waals surface area contributed by atoms with Gasteiger partial charge in [0.2, 0.25) is 0 Å². The van der Waals surface area contributed by atoms with Crippen LogP contribution < -0.4 is 5.32 Å². The Bertz CT molecular complexity index is 381. The second kappa shape index (κ2) is 4.92. The number of hydrogen-bond donors (Lipinski definition) is 2. The SMILES string of the molecule is CC(O)C1CNCC1c1ccc(Cl)cc1Cl. The second-order valence-electron chi connectivity index (χ2n) is 4.34. The van der Waals surface area contributed by atoms with Gasteiger partial charge >= 0.3 is 0 Å². The largest absolute Gasteiger partial charge is 0.393 e. The van der Waals surface area contributed by atoms with E-state index >= 15 is 0 Å². The molecule has 1 saturated heterocycles.